The van der Waals surface area contributed by atoms with Crippen LogP contribution in [0.25, 0.3) is 0 Å². The lowest BCUT2D eigenvalue weighted by atomic mass is 10.1. The van der Waals surface area contributed by atoms with Gasteiger partial charge in [-0.05, 0) is 42.7 Å². The Morgan fingerprint density at radius 2 is 1.92 bits per heavy atom. The summed E-state index contributed by atoms with van der Waals surface area (Å²) < 4.78 is 0. The molecular weight excluding hydrogens is 326 g/mol. The number of amides is 3. The maximum Gasteiger partial charge on any atom is 0.319 e. The normalized spacial score (nSPS) is 12.6. The summed E-state index contributed by atoms with van der Waals surface area (Å²) in [5, 5.41) is 5.64. The number of carbonyl (C=O) groups excluding carboxylic acids is 2. The summed E-state index contributed by atoms with van der Waals surface area (Å²) in [4.78, 5) is 26.7. The first-order valence-electron chi connectivity index (χ1n) is 9.23. The molecule has 0 saturated carbocycles. The Labute approximate surface area is 154 Å². The SMILES string of the molecule is CCCCCNC(=O)Nc1cccc(C(=O)N2CCc3ccccc32)c1. The fourth-order valence-electron chi connectivity index (χ4n) is 3.19. The Morgan fingerprint density at radius 1 is 1.08 bits per heavy atom. The number of para-hydroxylation sites is 1. The Kier molecular flexibility index (Phi) is 5.89. The zero-order chi connectivity index (χ0) is 18.4. The summed E-state index contributed by atoms with van der Waals surface area (Å²) in [7, 11) is 0. The van der Waals surface area contributed by atoms with Gasteiger partial charge in [0, 0.05) is 30.0 Å². The Balaban J connectivity index is 1.64. The second-order valence-corrected chi connectivity index (χ2v) is 6.50. The molecule has 1 heterocycles. The molecule has 3 rings (SSSR count). The number of carbonyl (C=O) groups is 2. The van der Waals surface area contributed by atoms with Crippen molar-refractivity contribution in [2.24, 2.45) is 0 Å². The third-order valence-corrected chi connectivity index (χ3v) is 4.57. The van der Waals surface area contributed by atoms with Crippen molar-refractivity contribution in [2.45, 2.75) is 32.6 Å². The Morgan fingerprint density at radius 3 is 2.77 bits per heavy atom. The molecule has 1 aliphatic heterocycles. The molecule has 26 heavy (non-hydrogen) atoms. The lowest BCUT2D eigenvalue weighted by Crippen LogP contribution is -2.30. The fourth-order valence-corrected chi connectivity index (χ4v) is 3.19. The van der Waals surface area contributed by atoms with E-state index >= 15 is 0 Å². The first-order valence-corrected chi connectivity index (χ1v) is 9.23. The van der Waals surface area contributed by atoms with Crippen molar-refractivity contribution < 1.29 is 9.59 Å². The average molecular weight is 351 g/mol. The van der Waals surface area contributed by atoms with Gasteiger partial charge in [0.05, 0.1) is 0 Å². The van der Waals surface area contributed by atoms with Gasteiger partial charge in [-0.25, -0.2) is 4.79 Å². The van der Waals surface area contributed by atoms with E-state index in [0.29, 0.717) is 24.3 Å². The van der Waals surface area contributed by atoms with E-state index in [4.69, 9.17) is 0 Å². The summed E-state index contributed by atoms with van der Waals surface area (Å²) in [6.07, 6.45) is 4.06. The second kappa shape index (κ2) is 8.52. The highest BCUT2D eigenvalue weighted by atomic mass is 16.2. The summed E-state index contributed by atoms with van der Waals surface area (Å²) in [5.41, 5.74) is 3.37. The highest BCUT2D eigenvalue weighted by molar-refractivity contribution is 6.08. The first-order chi connectivity index (χ1) is 12.7. The molecule has 0 aromatic heterocycles. The van der Waals surface area contributed by atoms with Crippen molar-refractivity contribution in [1.82, 2.24) is 5.32 Å². The van der Waals surface area contributed by atoms with Gasteiger partial charge in [0.1, 0.15) is 0 Å². The van der Waals surface area contributed by atoms with E-state index in [2.05, 4.69) is 23.6 Å². The van der Waals surface area contributed by atoms with Crippen molar-refractivity contribution in [2.75, 3.05) is 23.3 Å². The van der Waals surface area contributed by atoms with E-state index in [-0.39, 0.29) is 11.9 Å². The van der Waals surface area contributed by atoms with Gasteiger partial charge in [-0.3, -0.25) is 4.79 Å². The molecule has 2 aromatic rings. The van der Waals surface area contributed by atoms with Crippen LogP contribution >= 0.6 is 0 Å². The van der Waals surface area contributed by atoms with E-state index in [1.807, 2.05) is 18.2 Å². The van der Waals surface area contributed by atoms with Crippen LogP contribution in [0.5, 0.6) is 0 Å². The van der Waals surface area contributed by atoms with E-state index in [1.165, 1.54) is 5.56 Å². The number of fused-ring (bicyclic) bond motifs is 1. The van der Waals surface area contributed by atoms with Crippen molar-refractivity contribution in [3.63, 3.8) is 0 Å². The van der Waals surface area contributed by atoms with Crippen LogP contribution in [0.2, 0.25) is 0 Å². The van der Waals surface area contributed by atoms with Crippen LogP contribution in [0.4, 0.5) is 16.2 Å². The minimum atomic E-state index is -0.239. The summed E-state index contributed by atoms with van der Waals surface area (Å²) in [6.45, 7) is 3.47. The Bertz CT molecular complexity index is 788. The molecule has 2 aromatic carbocycles. The summed E-state index contributed by atoms with van der Waals surface area (Å²) in [5.74, 6) is -0.0399. The van der Waals surface area contributed by atoms with Crippen LogP contribution in [-0.2, 0) is 6.42 Å². The number of nitrogens with zero attached hydrogens (tertiary/aromatic N) is 1. The predicted octanol–water partition coefficient (Wildman–Crippen LogP) is 4.20. The molecule has 0 fully saturated rings. The minimum absolute atomic E-state index is 0.0399. The van der Waals surface area contributed by atoms with Crippen molar-refractivity contribution in [3.8, 4) is 0 Å². The topological polar surface area (TPSA) is 61.4 Å². The monoisotopic (exact) mass is 351 g/mol. The van der Waals surface area contributed by atoms with Gasteiger partial charge in [-0.15, -0.1) is 0 Å². The molecule has 136 valence electrons. The van der Waals surface area contributed by atoms with Gasteiger partial charge in [0.25, 0.3) is 5.91 Å². The van der Waals surface area contributed by atoms with Gasteiger partial charge in [-0.1, -0.05) is 44.0 Å². The average Bonchev–Trinajstić information content (AvgIpc) is 3.09. The van der Waals surface area contributed by atoms with Crippen LogP contribution in [0.15, 0.2) is 48.5 Å². The summed E-state index contributed by atoms with van der Waals surface area (Å²) >= 11 is 0. The molecule has 0 bridgehead atoms. The number of rotatable bonds is 6. The smallest absolute Gasteiger partial charge is 0.319 e. The molecule has 5 heteroatoms. The molecule has 0 aliphatic carbocycles. The quantitative estimate of drug-likeness (QED) is 0.766. The lowest BCUT2D eigenvalue weighted by Gasteiger charge is -2.18. The molecular formula is C21H25N3O2. The Hall–Kier alpha value is -2.82. The molecule has 2 N–H and O–H groups in total. The van der Waals surface area contributed by atoms with Gasteiger partial charge in [0.15, 0.2) is 0 Å². The highest BCUT2D eigenvalue weighted by Crippen LogP contribution is 2.29. The van der Waals surface area contributed by atoms with Crippen LogP contribution in [0.3, 0.4) is 0 Å². The van der Waals surface area contributed by atoms with Crippen LogP contribution < -0.4 is 15.5 Å². The molecule has 0 atom stereocenters. The zero-order valence-electron chi connectivity index (χ0n) is 15.1. The van der Waals surface area contributed by atoms with E-state index in [9.17, 15) is 9.59 Å². The van der Waals surface area contributed by atoms with Crippen molar-refractivity contribution >= 4 is 23.3 Å². The van der Waals surface area contributed by atoms with Gasteiger partial charge in [-0.2, -0.15) is 0 Å². The number of unbranched alkanes of at least 4 members (excludes halogenated alkanes) is 2. The molecule has 5 nitrogen and oxygen atoms in total. The largest absolute Gasteiger partial charge is 0.338 e. The third kappa shape index (κ3) is 4.23. The van der Waals surface area contributed by atoms with Gasteiger partial charge in [0.2, 0.25) is 0 Å². The maximum atomic E-state index is 12.9. The van der Waals surface area contributed by atoms with E-state index in [1.54, 1.807) is 29.2 Å². The van der Waals surface area contributed by atoms with Gasteiger partial charge < -0.3 is 15.5 Å². The number of hydrogen-bond donors (Lipinski definition) is 2. The number of nitrogens with one attached hydrogen (secondary N) is 2. The fraction of sp³-hybridized carbons (Fsp3) is 0.333. The number of benzene rings is 2. The predicted molar refractivity (Wildman–Crippen MR) is 105 cm³/mol. The first kappa shape index (κ1) is 18.0. The third-order valence-electron chi connectivity index (χ3n) is 4.57. The molecule has 0 saturated heterocycles. The van der Waals surface area contributed by atoms with Crippen LogP contribution in [-0.4, -0.2) is 25.0 Å². The number of hydrogen-bond acceptors (Lipinski definition) is 2. The molecule has 3 amide bonds. The molecule has 0 unspecified atom stereocenters. The van der Waals surface area contributed by atoms with Crippen LogP contribution in [0, 0.1) is 0 Å². The van der Waals surface area contributed by atoms with Crippen LogP contribution in [0.1, 0.15) is 42.1 Å². The van der Waals surface area contributed by atoms with Gasteiger partial charge >= 0.3 is 6.03 Å². The summed E-state index contributed by atoms with van der Waals surface area (Å²) in [6, 6.07) is 14.8. The number of anilines is 2. The second-order valence-electron chi connectivity index (χ2n) is 6.50. The van der Waals surface area contributed by atoms with E-state index < -0.39 is 0 Å². The number of urea groups is 1. The zero-order valence-corrected chi connectivity index (χ0v) is 15.1. The molecule has 1 aliphatic rings. The standard InChI is InChI=1S/C21H25N3O2/c1-2-3-6-13-22-21(26)23-18-10-7-9-17(15-18)20(25)24-14-12-16-8-4-5-11-19(16)24/h4-5,7-11,15H,2-3,6,12-14H2,1H3,(H2,22,23,26). The lowest BCUT2D eigenvalue weighted by molar-refractivity contribution is 0.0989. The van der Waals surface area contributed by atoms with Crippen molar-refractivity contribution in [3.05, 3.63) is 59.7 Å². The molecule has 0 spiro atoms. The highest BCUT2D eigenvalue weighted by Gasteiger charge is 2.25. The van der Waals surface area contributed by atoms with E-state index in [0.717, 1.165) is 31.4 Å². The minimum Gasteiger partial charge on any atom is -0.338 e. The molecule has 0 radical (unpaired) electrons. The van der Waals surface area contributed by atoms with Crippen molar-refractivity contribution in [1.29, 1.82) is 0 Å². The maximum absolute atomic E-state index is 12.9.